The third-order valence-corrected chi connectivity index (χ3v) is 6.66. The number of ketones is 1. The Balaban J connectivity index is 0.000000353. The van der Waals surface area contributed by atoms with Crippen LogP contribution in [0.25, 0.3) is 0 Å². The minimum absolute atomic E-state index is 0.0457. The smallest absolute Gasteiger partial charge is 0.196 e. The summed E-state index contributed by atoms with van der Waals surface area (Å²) in [6.45, 7) is 3.16. The number of rotatable bonds is 19. The standard InChI is InChI=1S/C18H39N.C13H9BrO2/c1-2-3-4-5-6-7-8-9-10-11-12-13-14-15-16-17-18-19;14-16-12-9-5-4-8-11(12)13(15)10-6-2-1-3-7-10/h2-19H2,1H3;1-9H. The molecule has 0 saturated carbocycles. The average Bonchev–Trinajstić information content (AvgIpc) is 2.91. The van der Waals surface area contributed by atoms with Crippen LogP contribution in [0.5, 0.6) is 5.75 Å². The van der Waals surface area contributed by atoms with Crippen molar-refractivity contribution < 1.29 is 8.62 Å². The third-order valence-electron chi connectivity index (χ3n) is 6.31. The summed E-state index contributed by atoms with van der Waals surface area (Å²) < 4.78 is 4.98. The highest BCUT2D eigenvalue weighted by Crippen LogP contribution is 2.22. The molecule has 0 amide bonds. The molecule has 0 aliphatic rings. The predicted octanol–water partition coefficient (Wildman–Crippen LogP) is 9.81. The number of nitrogens with two attached hydrogens (primary N) is 1. The molecule has 0 atom stereocenters. The van der Waals surface area contributed by atoms with Gasteiger partial charge in [-0.05, 0) is 25.1 Å². The summed E-state index contributed by atoms with van der Waals surface area (Å²) in [6.07, 6.45) is 22.9. The van der Waals surface area contributed by atoms with Crippen molar-refractivity contribution in [1.82, 2.24) is 0 Å². The number of para-hydroxylation sites is 1. The summed E-state index contributed by atoms with van der Waals surface area (Å²) in [5.74, 6) is 0.479. The molecule has 0 aliphatic heterocycles. The van der Waals surface area contributed by atoms with Crippen LogP contribution in [-0.4, -0.2) is 12.3 Å². The summed E-state index contributed by atoms with van der Waals surface area (Å²) in [7, 11) is 0. The molecule has 2 rings (SSSR count). The van der Waals surface area contributed by atoms with Crippen LogP contribution in [0.3, 0.4) is 0 Å². The van der Waals surface area contributed by atoms with Crippen LogP contribution in [-0.2, 0) is 0 Å². The second kappa shape index (κ2) is 22.8. The summed E-state index contributed by atoms with van der Waals surface area (Å²) in [5, 5.41) is 0. The SMILES string of the molecule is CCCCCCCCCCCCCCCCCCN.O=C(c1ccccc1)c1ccccc1OBr. The number of carbonyl (C=O) groups excluding carboxylic acids is 1. The van der Waals surface area contributed by atoms with Crippen molar-refractivity contribution in [1.29, 1.82) is 0 Å². The fourth-order valence-electron chi connectivity index (χ4n) is 4.16. The molecule has 0 heterocycles. The van der Waals surface area contributed by atoms with Gasteiger partial charge in [-0.25, -0.2) is 0 Å². The Morgan fingerprint density at radius 3 is 1.54 bits per heavy atom. The highest BCUT2D eigenvalue weighted by molar-refractivity contribution is 9.06. The molecule has 0 fully saturated rings. The first-order chi connectivity index (χ1) is 17.2. The van der Waals surface area contributed by atoms with E-state index < -0.39 is 0 Å². The van der Waals surface area contributed by atoms with E-state index in [4.69, 9.17) is 9.56 Å². The number of hydrogen-bond acceptors (Lipinski definition) is 3. The monoisotopic (exact) mass is 545 g/mol. The number of carbonyl (C=O) groups is 1. The number of unbranched alkanes of at least 4 members (excludes halogenated alkanes) is 15. The summed E-state index contributed by atoms with van der Waals surface area (Å²) in [4.78, 5) is 12.1. The zero-order valence-corrected chi connectivity index (χ0v) is 23.6. The molecule has 0 saturated heterocycles. The molecular formula is C31H48BrNO2. The second-order valence-electron chi connectivity index (χ2n) is 9.36. The second-order valence-corrected chi connectivity index (χ2v) is 9.68. The normalized spacial score (nSPS) is 10.5. The summed E-state index contributed by atoms with van der Waals surface area (Å²) in [6, 6.07) is 16.2. The van der Waals surface area contributed by atoms with E-state index in [-0.39, 0.29) is 5.78 Å². The van der Waals surface area contributed by atoms with Gasteiger partial charge in [0.05, 0.1) is 5.56 Å². The lowest BCUT2D eigenvalue weighted by molar-refractivity contribution is 0.103. The maximum Gasteiger partial charge on any atom is 0.196 e. The van der Waals surface area contributed by atoms with Crippen molar-refractivity contribution in [2.75, 3.05) is 6.54 Å². The molecule has 0 unspecified atom stereocenters. The van der Waals surface area contributed by atoms with Gasteiger partial charge in [0, 0.05) is 5.56 Å². The Kier molecular flexibility index (Phi) is 20.4. The Morgan fingerprint density at radius 1 is 0.657 bits per heavy atom. The molecule has 0 aromatic heterocycles. The highest BCUT2D eigenvalue weighted by Gasteiger charge is 2.13. The molecule has 0 radical (unpaired) electrons. The van der Waals surface area contributed by atoms with Crippen LogP contribution in [0, 0.1) is 0 Å². The van der Waals surface area contributed by atoms with Gasteiger partial charge in [-0.15, -0.1) is 0 Å². The number of benzene rings is 2. The minimum atomic E-state index is -0.0457. The van der Waals surface area contributed by atoms with E-state index in [9.17, 15) is 4.79 Å². The van der Waals surface area contributed by atoms with Crippen LogP contribution < -0.4 is 9.56 Å². The molecule has 2 aromatic carbocycles. The first-order valence-electron chi connectivity index (χ1n) is 13.9. The molecule has 3 nitrogen and oxygen atoms in total. The molecule has 2 N–H and O–H groups in total. The lowest BCUT2D eigenvalue weighted by Gasteiger charge is -2.05. The maximum atomic E-state index is 12.1. The fraction of sp³-hybridized carbons (Fsp3) is 0.581. The van der Waals surface area contributed by atoms with Crippen LogP contribution in [0.2, 0.25) is 0 Å². The molecule has 2 aromatic rings. The van der Waals surface area contributed by atoms with E-state index in [1.807, 2.05) is 30.3 Å². The first kappa shape index (κ1) is 31.4. The topological polar surface area (TPSA) is 52.3 Å². The van der Waals surface area contributed by atoms with Crippen molar-refractivity contribution >= 4 is 22.0 Å². The average molecular weight is 547 g/mol. The molecule has 196 valence electrons. The van der Waals surface area contributed by atoms with E-state index in [0.717, 1.165) is 6.54 Å². The van der Waals surface area contributed by atoms with Gasteiger partial charge in [-0.2, -0.15) is 0 Å². The summed E-state index contributed by atoms with van der Waals surface area (Å²) >= 11 is 2.90. The molecule has 0 bridgehead atoms. The van der Waals surface area contributed by atoms with Gasteiger partial charge in [-0.1, -0.05) is 146 Å². The van der Waals surface area contributed by atoms with E-state index in [1.165, 1.54) is 103 Å². The van der Waals surface area contributed by atoms with E-state index >= 15 is 0 Å². The van der Waals surface area contributed by atoms with E-state index in [1.54, 1.807) is 24.3 Å². The zero-order valence-electron chi connectivity index (χ0n) is 22.0. The quantitative estimate of drug-likeness (QED) is 0.141. The van der Waals surface area contributed by atoms with Crippen LogP contribution in [0.15, 0.2) is 54.6 Å². The van der Waals surface area contributed by atoms with Crippen molar-refractivity contribution in [2.45, 2.75) is 110 Å². The van der Waals surface area contributed by atoms with Gasteiger partial charge in [0.25, 0.3) is 0 Å². The molecule has 4 heteroatoms. The van der Waals surface area contributed by atoms with Crippen LogP contribution in [0.1, 0.15) is 126 Å². The van der Waals surface area contributed by atoms with Gasteiger partial charge < -0.3 is 9.56 Å². The Hall–Kier alpha value is -1.65. The highest BCUT2D eigenvalue weighted by atomic mass is 79.9. The van der Waals surface area contributed by atoms with E-state index in [0.29, 0.717) is 16.9 Å². The minimum Gasteiger partial charge on any atom is -0.417 e. The number of hydrogen-bond donors (Lipinski definition) is 1. The fourth-order valence-corrected chi connectivity index (χ4v) is 4.44. The van der Waals surface area contributed by atoms with E-state index in [2.05, 4.69) is 23.2 Å². The lowest BCUT2D eigenvalue weighted by atomic mass is 10.0. The molecule has 35 heavy (non-hydrogen) atoms. The molecule has 0 spiro atoms. The van der Waals surface area contributed by atoms with Crippen LogP contribution in [0.4, 0.5) is 0 Å². The zero-order chi connectivity index (χ0) is 25.4. The third kappa shape index (κ3) is 15.9. The Labute approximate surface area is 223 Å². The largest absolute Gasteiger partial charge is 0.417 e. The molecule has 0 aliphatic carbocycles. The Morgan fingerprint density at radius 2 is 1.09 bits per heavy atom. The van der Waals surface area contributed by atoms with Crippen molar-refractivity contribution in [3.63, 3.8) is 0 Å². The van der Waals surface area contributed by atoms with Gasteiger partial charge in [0.15, 0.2) is 22.0 Å². The van der Waals surface area contributed by atoms with Gasteiger partial charge >= 0.3 is 0 Å². The van der Waals surface area contributed by atoms with Crippen molar-refractivity contribution in [3.05, 3.63) is 65.7 Å². The predicted molar refractivity (Wildman–Crippen MR) is 154 cm³/mol. The molecular weight excluding hydrogens is 498 g/mol. The van der Waals surface area contributed by atoms with Gasteiger partial charge in [-0.3, -0.25) is 4.79 Å². The van der Waals surface area contributed by atoms with Gasteiger partial charge in [0.1, 0.15) is 5.75 Å². The van der Waals surface area contributed by atoms with Crippen LogP contribution >= 0.6 is 16.3 Å². The first-order valence-corrected chi connectivity index (χ1v) is 14.6. The van der Waals surface area contributed by atoms with Crippen molar-refractivity contribution in [3.8, 4) is 5.75 Å². The van der Waals surface area contributed by atoms with Gasteiger partial charge in [0.2, 0.25) is 0 Å². The maximum absolute atomic E-state index is 12.1. The van der Waals surface area contributed by atoms with Crippen molar-refractivity contribution in [2.24, 2.45) is 5.73 Å². The summed E-state index contributed by atoms with van der Waals surface area (Å²) in [5.41, 5.74) is 6.68. The lowest BCUT2D eigenvalue weighted by Crippen LogP contribution is -2.02. The Bertz CT molecular complexity index is 735. The number of halogens is 1.